The van der Waals surface area contributed by atoms with Gasteiger partial charge in [-0.15, -0.1) is 0 Å². The topological polar surface area (TPSA) is 66.5 Å². The fourth-order valence-corrected chi connectivity index (χ4v) is 4.01. The summed E-state index contributed by atoms with van der Waals surface area (Å²) >= 11 is 0. The molecule has 0 saturated heterocycles. The van der Waals surface area contributed by atoms with Crippen LogP contribution in [0.5, 0.6) is 0 Å². The highest BCUT2D eigenvalue weighted by Gasteiger charge is 2.25. The van der Waals surface area contributed by atoms with E-state index < -0.39 is 10.0 Å². The molecule has 1 N–H and O–H groups in total. The molecular weight excluding hydrogens is 360 g/mol. The molecule has 6 heteroatoms. The Morgan fingerprint density at radius 1 is 1.04 bits per heavy atom. The second-order valence-corrected chi connectivity index (χ2v) is 8.67. The van der Waals surface area contributed by atoms with Gasteiger partial charge in [-0.1, -0.05) is 44.2 Å². The lowest BCUT2D eigenvalue weighted by Gasteiger charge is -2.27. The summed E-state index contributed by atoms with van der Waals surface area (Å²) in [6.45, 7) is 7.56. The molecule has 0 heterocycles. The summed E-state index contributed by atoms with van der Waals surface area (Å²) in [5.41, 5.74) is 5.12. The normalized spacial score (nSPS) is 11.3. The highest BCUT2D eigenvalue weighted by Crippen LogP contribution is 2.29. The van der Waals surface area contributed by atoms with Crippen LogP contribution in [-0.2, 0) is 27.7 Å². The Hall–Kier alpha value is -2.34. The van der Waals surface area contributed by atoms with Gasteiger partial charge >= 0.3 is 0 Å². The zero-order chi connectivity index (χ0) is 20.2. The molecule has 0 spiro atoms. The number of hydrogen-bond acceptors (Lipinski definition) is 3. The molecule has 0 unspecified atom stereocenters. The van der Waals surface area contributed by atoms with Crippen molar-refractivity contribution in [3.05, 3.63) is 58.7 Å². The zero-order valence-electron chi connectivity index (χ0n) is 16.7. The van der Waals surface area contributed by atoms with E-state index in [9.17, 15) is 13.2 Å². The largest absolute Gasteiger partial charge is 0.324 e. The summed E-state index contributed by atoms with van der Waals surface area (Å²) in [7, 11) is -3.62. The highest BCUT2D eigenvalue weighted by atomic mass is 32.2. The van der Waals surface area contributed by atoms with Crippen LogP contribution in [0.4, 0.5) is 11.4 Å². The van der Waals surface area contributed by atoms with Crippen LogP contribution in [0.3, 0.4) is 0 Å². The molecule has 2 aromatic carbocycles. The second kappa shape index (κ2) is 8.57. The number of nitrogens with one attached hydrogen (secondary N) is 1. The van der Waals surface area contributed by atoms with Gasteiger partial charge in [0.25, 0.3) is 0 Å². The Kier molecular flexibility index (Phi) is 6.65. The van der Waals surface area contributed by atoms with E-state index in [-0.39, 0.29) is 12.5 Å². The average molecular weight is 389 g/mol. The van der Waals surface area contributed by atoms with Crippen molar-refractivity contribution in [2.24, 2.45) is 0 Å². The molecule has 0 fully saturated rings. The second-order valence-electron chi connectivity index (χ2n) is 6.77. The average Bonchev–Trinajstić information content (AvgIpc) is 2.61. The Labute approximate surface area is 162 Å². The number of amides is 1. The van der Waals surface area contributed by atoms with Gasteiger partial charge in [0.1, 0.15) is 6.54 Å². The van der Waals surface area contributed by atoms with Crippen molar-refractivity contribution < 1.29 is 13.2 Å². The Morgan fingerprint density at radius 3 is 2.15 bits per heavy atom. The van der Waals surface area contributed by atoms with Crippen molar-refractivity contribution in [1.82, 2.24) is 0 Å². The van der Waals surface area contributed by atoms with Gasteiger partial charge in [0, 0.05) is 5.69 Å². The summed E-state index contributed by atoms with van der Waals surface area (Å²) < 4.78 is 26.3. The first-order chi connectivity index (χ1) is 12.7. The van der Waals surface area contributed by atoms with Crippen molar-refractivity contribution in [3.63, 3.8) is 0 Å². The summed E-state index contributed by atoms with van der Waals surface area (Å²) in [4.78, 5) is 12.7. The van der Waals surface area contributed by atoms with E-state index in [4.69, 9.17) is 0 Å². The third kappa shape index (κ3) is 5.10. The molecule has 2 rings (SSSR count). The monoisotopic (exact) mass is 388 g/mol. The van der Waals surface area contributed by atoms with Gasteiger partial charge in [-0.25, -0.2) is 8.42 Å². The number of anilines is 2. The molecule has 0 aliphatic rings. The van der Waals surface area contributed by atoms with Crippen LogP contribution >= 0.6 is 0 Å². The van der Waals surface area contributed by atoms with Gasteiger partial charge in [0.15, 0.2) is 0 Å². The number of nitrogens with zero attached hydrogens (tertiary/aromatic N) is 1. The number of sulfonamides is 1. The van der Waals surface area contributed by atoms with Crippen LogP contribution in [0.1, 0.15) is 36.1 Å². The van der Waals surface area contributed by atoms with Crippen LogP contribution in [0.2, 0.25) is 0 Å². The lowest BCUT2D eigenvalue weighted by Crippen LogP contribution is -2.38. The van der Waals surface area contributed by atoms with Gasteiger partial charge < -0.3 is 5.32 Å². The van der Waals surface area contributed by atoms with E-state index >= 15 is 0 Å². The third-order valence-corrected chi connectivity index (χ3v) is 5.68. The predicted octanol–water partition coefficient (Wildman–Crippen LogP) is 3.83. The first kappa shape index (κ1) is 21.0. The van der Waals surface area contributed by atoms with Crippen LogP contribution in [-0.4, -0.2) is 27.1 Å². The molecule has 146 valence electrons. The minimum Gasteiger partial charge on any atom is -0.324 e. The van der Waals surface area contributed by atoms with Gasteiger partial charge in [0.2, 0.25) is 15.9 Å². The SMILES string of the molecule is CCc1cccc(CC)c1N(CC(=O)Nc1cc(C)ccc1C)S(C)(=O)=O. The first-order valence-corrected chi connectivity index (χ1v) is 11.0. The Balaban J connectivity index is 2.40. The lowest BCUT2D eigenvalue weighted by atomic mass is 10.0. The molecule has 1 amide bonds. The molecule has 0 atom stereocenters. The van der Waals surface area contributed by atoms with E-state index in [1.54, 1.807) is 0 Å². The Morgan fingerprint density at radius 2 is 1.63 bits per heavy atom. The van der Waals surface area contributed by atoms with Crippen LogP contribution in [0.15, 0.2) is 36.4 Å². The molecule has 27 heavy (non-hydrogen) atoms. The Bertz CT molecular complexity index is 914. The zero-order valence-corrected chi connectivity index (χ0v) is 17.5. The maximum absolute atomic E-state index is 12.7. The quantitative estimate of drug-likeness (QED) is 0.784. The first-order valence-electron chi connectivity index (χ1n) is 9.13. The van der Waals surface area contributed by atoms with Gasteiger partial charge in [-0.3, -0.25) is 9.10 Å². The molecule has 0 bridgehead atoms. The number of aryl methyl sites for hydroxylation is 4. The van der Waals surface area contributed by atoms with Crippen LogP contribution in [0, 0.1) is 13.8 Å². The summed E-state index contributed by atoms with van der Waals surface area (Å²) in [6, 6.07) is 11.5. The van der Waals surface area contributed by atoms with Crippen molar-refractivity contribution in [2.75, 3.05) is 22.4 Å². The molecule has 0 aliphatic carbocycles. The molecular formula is C21H28N2O3S. The fourth-order valence-electron chi connectivity index (χ4n) is 3.09. The van der Waals surface area contributed by atoms with Gasteiger partial charge in [-0.2, -0.15) is 0 Å². The number of rotatable bonds is 7. The maximum Gasteiger partial charge on any atom is 0.245 e. The van der Waals surface area contributed by atoms with E-state index in [1.165, 1.54) is 4.31 Å². The van der Waals surface area contributed by atoms with Crippen LogP contribution < -0.4 is 9.62 Å². The summed E-state index contributed by atoms with van der Waals surface area (Å²) in [6.07, 6.45) is 2.52. The van der Waals surface area contributed by atoms with Crippen molar-refractivity contribution >= 4 is 27.3 Å². The third-order valence-electron chi connectivity index (χ3n) is 4.57. The van der Waals surface area contributed by atoms with Crippen LogP contribution in [0.25, 0.3) is 0 Å². The van der Waals surface area contributed by atoms with Gasteiger partial charge in [0.05, 0.1) is 11.9 Å². The fraction of sp³-hybridized carbons (Fsp3) is 0.381. The number of hydrogen-bond donors (Lipinski definition) is 1. The molecule has 5 nitrogen and oxygen atoms in total. The van der Waals surface area contributed by atoms with Gasteiger partial charge in [-0.05, 0) is 55.0 Å². The minimum absolute atomic E-state index is 0.254. The highest BCUT2D eigenvalue weighted by molar-refractivity contribution is 7.92. The number of carbonyl (C=O) groups excluding carboxylic acids is 1. The number of para-hydroxylation sites is 1. The summed E-state index contributed by atoms with van der Waals surface area (Å²) in [5.74, 6) is -0.359. The predicted molar refractivity (Wildman–Crippen MR) is 112 cm³/mol. The molecule has 0 radical (unpaired) electrons. The number of carbonyl (C=O) groups is 1. The van der Waals surface area contributed by atoms with E-state index in [0.29, 0.717) is 24.2 Å². The van der Waals surface area contributed by atoms with E-state index in [2.05, 4.69) is 5.32 Å². The standard InChI is InChI=1S/C21H28N2O3S/c1-6-17-9-8-10-18(7-2)21(17)23(27(5,25)26)14-20(24)22-19-13-15(3)11-12-16(19)4/h8-13H,6-7,14H2,1-5H3,(H,22,24). The van der Waals surface area contributed by atoms with Crippen molar-refractivity contribution in [1.29, 1.82) is 0 Å². The molecule has 2 aromatic rings. The molecule has 0 saturated carbocycles. The number of benzene rings is 2. The maximum atomic E-state index is 12.7. The van der Waals surface area contributed by atoms with E-state index in [0.717, 1.165) is 28.5 Å². The molecule has 0 aromatic heterocycles. The van der Waals surface area contributed by atoms with Crippen molar-refractivity contribution in [2.45, 2.75) is 40.5 Å². The smallest absolute Gasteiger partial charge is 0.245 e. The lowest BCUT2D eigenvalue weighted by molar-refractivity contribution is -0.114. The minimum atomic E-state index is -3.62. The molecule has 0 aliphatic heterocycles. The van der Waals surface area contributed by atoms with Crippen molar-refractivity contribution in [3.8, 4) is 0 Å². The van der Waals surface area contributed by atoms with E-state index in [1.807, 2.05) is 64.1 Å². The summed E-state index contributed by atoms with van der Waals surface area (Å²) in [5, 5.41) is 2.85.